The number of ether oxygens (including phenoxy) is 2. The smallest absolute Gasteiger partial charge is 0.224 e. The van der Waals surface area contributed by atoms with E-state index < -0.39 is 5.41 Å². The second-order valence-corrected chi connectivity index (χ2v) is 12.3. The molecule has 2 aliphatic carbocycles. The topological polar surface area (TPSA) is 95.6 Å². The number of amides is 1. The minimum Gasteiger partial charge on any atom is -0.497 e. The summed E-state index contributed by atoms with van der Waals surface area (Å²) in [5.74, 6) is 0.943. The number of methoxy groups -OCH3 is 1. The van der Waals surface area contributed by atoms with Crippen LogP contribution in [-0.4, -0.2) is 43.1 Å². The Labute approximate surface area is 256 Å². The predicted molar refractivity (Wildman–Crippen MR) is 173 cm³/mol. The van der Waals surface area contributed by atoms with Crippen LogP contribution in [0.5, 0.6) is 5.75 Å². The Morgan fingerprint density at radius 1 is 1.19 bits per heavy atom. The van der Waals surface area contributed by atoms with E-state index in [1.54, 1.807) is 14.0 Å². The second-order valence-electron chi connectivity index (χ2n) is 11.9. The van der Waals surface area contributed by atoms with Crippen molar-refractivity contribution < 1.29 is 19.1 Å². The SMILES string of the molecule is CCC1(C(C)=O)Cn2c(c(C3CCCCC3)c3c2=CC(C(N)=O)CC=3)-c2ccc(OC)cc2C1C.CCOCCNS. The van der Waals surface area contributed by atoms with Gasteiger partial charge in [0.25, 0.3) is 0 Å². The Morgan fingerprint density at radius 3 is 2.52 bits per heavy atom. The van der Waals surface area contributed by atoms with Gasteiger partial charge in [-0.2, -0.15) is 0 Å². The molecule has 3 unspecified atom stereocenters. The molecule has 2 heterocycles. The summed E-state index contributed by atoms with van der Waals surface area (Å²) < 4.78 is 15.6. The molecule has 1 aliphatic heterocycles. The highest BCUT2D eigenvalue weighted by Gasteiger charge is 2.45. The fourth-order valence-corrected chi connectivity index (χ4v) is 7.43. The molecule has 7 nitrogen and oxygen atoms in total. The third-order valence-electron chi connectivity index (χ3n) is 9.84. The molecule has 1 amide bonds. The molecular weight excluding hydrogens is 546 g/mol. The number of hydrogen-bond donors (Lipinski definition) is 3. The summed E-state index contributed by atoms with van der Waals surface area (Å²) in [6, 6.07) is 6.36. The van der Waals surface area contributed by atoms with Crippen LogP contribution in [0.1, 0.15) is 95.6 Å². The number of thiol groups is 1. The normalized spacial score (nSPS) is 23.1. The van der Waals surface area contributed by atoms with Crippen LogP contribution in [0.3, 0.4) is 0 Å². The number of nitrogens with one attached hydrogen (secondary N) is 1. The summed E-state index contributed by atoms with van der Waals surface area (Å²) in [4.78, 5) is 25.6. The van der Waals surface area contributed by atoms with Gasteiger partial charge in [0, 0.05) is 30.6 Å². The van der Waals surface area contributed by atoms with E-state index in [0.717, 1.165) is 37.3 Å². The maximum Gasteiger partial charge on any atom is 0.224 e. The number of primary amides is 1. The molecule has 1 fully saturated rings. The first-order chi connectivity index (χ1) is 20.2. The first-order valence-corrected chi connectivity index (χ1v) is 16.1. The van der Waals surface area contributed by atoms with Crippen molar-refractivity contribution in [1.29, 1.82) is 0 Å². The van der Waals surface area contributed by atoms with Crippen LogP contribution in [0.25, 0.3) is 23.4 Å². The molecule has 1 aromatic carbocycles. The molecule has 3 atom stereocenters. The van der Waals surface area contributed by atoms with Crippen LogP contribution in [0.15, 0.2) is 18.2 Å². The highest BCUT2D eigenvalue weighted by atomic mass is 32.1. The molecule has 1 saturated carbocycles. The fraction of sp³-hybridized carbons (Fsp3) is 0.588. The summed E-state index contributed by atoms with van der Waals surface area (Å²) in [6.07, 6.45) is 11.9. The number of carbonyl (C=O) groups is 2. The van der Waals surface area contributed by atoms with Gasteiger partial charge in [0.15, 0.2) is 0 Å². The number of rotatable bonds is 9. The standard InChI is InChI=1S/C30H38N2O3.C4H11NOS/c1-5-30(19(3)33)17-32-26-15-21(29(31)34)11-13-24(26)27(20-9-7-6-8-10-20)28(32)23-14-12-22(35-4)16-25(23)18(30)2;1-2-6-4-3-5-7/h12-16,18,20-21H,5-11,17H2,1-4H3,(H2,31,34);5,7H,2-4H2,1H3. The number of nitrogens with zero attached hydrogens (tertiary/aromatic N) is 1. The maximum absolute atomic E-state index is 13.4. The van der Waals surface area contributed by atoms with Gasteiger partial charge in [-0.1, -0.05) is 52.0 Å². The lowest BCUT2D eigenvalue weighted by Gasteiger charge is -2.36. The van der Waals surface area contributed by atoms with E-state index in [1.807, 2.05) is 13.0 Å². The summed E-state index contributed by atoms with van der Waals surface area (Å²) in [5, 5.41) is 2.33. The first kappa shape index (κ1) is 32.4. The average molecular weight is 596 g/mol. The largest absolute Gasteiger partial charge is 0.497 e. The molecule has 3 aliphatic rings. The Hall–Kier alpha value is -2.55. The number of benzene rings is 1. The van der Waals surface area contributed by atoms with Crippen molar-refractivity contribution in [2.75, 3.05) is 26.9 Å². The molecule has 0 saturated heterocycles. The maximum atomic E-state index is 13.4. The molecule has 5 rings (SSSR count). The first-order valence-electron chi connectivity index (χ1n) is 15.6. The lowest BCUT2D eigenvalue weighted by molar-refractivity contribution is -0.129. The third kappa shape index (κ3) is 6.22. The van der Waals surface area contributed by atoms with Crippen LogP contribution in [-0.2, 0) is 20.9 Å². The number of carbonyl (C=O) groups excluding carboxylic acids is 2. The summed E-state index contributed by atoms with van der Waals surface area (Å²) in [7, 11) is 1.70. The van der Waals surface area contributed by atoms with E-state index in [-0.39, 0.29) is 23.5 Å². The van der Waals surface area contributed by atoms with Crippen molar-refractivity contribution in [2.45, 2.75) is 91.0 Å². The quantitative estimate of drug-likeness (QED) is 0.285. The van der Waals surface area contributed by atoms with Crippen LogP contribution in [0, 0.1) is 11.3 Å². The Bertz CT molecular complexity index is 1390. The van der Waals surface area contributed by atoms with E-state index in [9.17, 15) is 9.59 Å². The monoisotopic (exact) mass is 595 g/mol. The van der Waals surface area contributed by atoms with E-state index in [1.165, 1.54) is 59.7 Å². The van der Waals surface area contributed by atoms with Gasteiger partial charge in [-0.15, -0.1) is 0 Å². The Kier molecular flexibility index (Phi) is 11.0. The second kappa shape index (κ2) is 14.3. The van der Waals surface area contributed by atoms with Gasteiger partial charge in [-0.05, 0) is 92.0 Å². The summed E-state index contributed by atoms with van der Waals surface area (Å²) in [5.41, 5.74) is 10.2. The number of fused-ring (bicyclic) bond motifs is 5. The van der Waals surface area contributed by atoms with E-state index in [2.05, 4.69) is 60.2 Å². The Balaban J connectivity index is 0.000000517. The number of nitrogens with two attached hydrogens (primary N) is 1. The molecule has 230 valence electrons. The van der Waals surface area contributed by atoms with E-state index in [4.69, 9.17) is 15.2 Å². The van der Waals surface area contributed by atoms with Crippen LogP contribution >= 0.6 is 12.8 Å². The molecule has 0 spiro atoms. The lowest BCUT2D eigenvalue weighted by Crippen LogP contribution is -2.43. The molecule has 0 radical (unpaired) electrons. The zero-order chi connectivity index (χ0) is 30.4. The van der Waals surface area contributed by atoms with Crippen LogP contribution in [0.2, 0.25) is 0 Å². The van der Waals surface area contributed by atoms with Crippen molar-refractivity contribution in [3.05, 3.63) is 39.9 Å². The molecular formula is C34H49N3O4S. The van der Waals surface area contributed by atoms with Crippen molar-refractivity contribution in [3.63, 3.8) is 0 Å². The number of aromatic nitrogens is 1. The van der Waals surface area contributed by atoms with E-state index >= 15 is 0 Å². The van der Waals surface area contributed by atoms with Crippen LogP contribution < -0.4 is 25.8 Å². The summed E-state index contributed by atoms with van der Waals surface area (Å²) >= 11 is 3.76. The average Bonchev–Trinajstić information content (AvgIpc) is 3.27. The number of ketones is 1. The molecule has 42 heavy (non-hydrogen) atoms. The Morgan fingerprint density at radius 2 is 1.93 bits per heavy atom. The molecule has 8 heteroatoms. The van der Waals surface area contributed by atoms with Crippen LogP contribution in [0.4, 0.5) is 0 Å². The van der Waals surface area contributed by atoms with Crippen molar-refractivity contribution in [3.8, 4) is 17.0 Å². The van der Waals surface area contributed by atoms with Gasteiger partial charge in [-0.25, -0.2) is 0 Å². The molecule has 0 bridgehead atoms. The zero-order valence-corrected chi connectivity index (χ0v) is 26.9. The highest BCUT2D eigenvalue weighted by molar-refractivity contribution is 7.78. The highest BCUT2D eigenvalue weighted by Crippen LogP contribution is 2.50. The third-order valence-corrected chi connectivity index (χ3v) is 10.1. The summed E-state index contributed by atoms with van der Waals surface area (Å²) in [6.45, 7) is 11.0. The minimum atomic E-state index is -0.545. The van der Waals surface area contributed by atoms with Crippen molar-refractivity contribution in [1.82, 2.24) is 9.29 Å². The van der Waals surface area contributed by atoms with Gasteiger partial charge in [0.05, 0.1) is 30.7 Å². The number of Topliss-reactive ketones (excluding diaryl/α,β-unsaturated/α-hetero) is 1. The fourth-order valence-electron chi connectivity index (χ4n) is 7.34. The predicted octanol–water partition coefficient (Wildman–Crippen LogP) is 4.84. The van der Waals surface area contributed by atoms with Gasteiger partial charge in [0.1, 0.15) is 11.5 Å². The van der Waals surface area contributed by atoms with Crippen molar-refractivity contribution >= 4 is 36.7 Å². The van der Waals surface area contributed by atoms with Gasteiger partial charge in [-0.3, -0.25) is 14.3 Å². The van der Waals surface area contributed by atoms with Crippen molar-refractivity contribution in [2.24, 2.45) is 17.1 Å². The number of hydrogen-bond acceptors (Lipinski definition) is 6. The van der Waals surface area contributed by atoms with E-state index in [0.29, 0.717) is 18.9 Å². The van der Waals surface area contributed by atoms with Gasteiger partial charge in [0.2, 0.25) is 5.91 Å². The molecule has 1 aromatic heterocycles. The minimum absolute atomic E-state index is 0.0318. The lowest BCUT2D eigenvalue weighted by atomic mass is 9.68. The zero-order valence-electron chi connectivity index (χ0n) is 26.0. The molecule has 3 N–H and O–H groups in total. The molecule has 2 aromatic rings. The van der Waals surface area contributed by atoms with Gasteiger partial charge < -0.3 is 19.8 Å². The van der Waals surface area contributed by atoms with Gasteiger partial charge >= 0.3 is 0 Å².